The molecule has 1 N–H and O–H groups in total. The highest BCUT2D eigenvalue weighted by Gasteiger charge is 2.69. The molecule has 1 saturated carbocycles. The highest BCUT2D eigenvalue weighted by Crippen LogP contribution is 2.52. The van der Waals surface area contributed by atoms with Gasteiger partial charge in [-0.2, -0.15) is 23.3 Å². The highest BCUT2D eigenvalue weighted by atomic mass is 19.4. The van der Waals surface area contributed by atoms with Crippen LogP contribution in [-0.4, -0.2) is 33.6 Å². The average molecular weight is 372 g/mol. The van der Waals surface area contributed by atoms with E-state index in [1.165, 1.54) is 12.1 Å². The molecule has 2 heterocycles. The molecule has 5 nitrogen and oxygen atoms in total. The van der Waals surface area contributed by atoms with Crippen LogP contribution in [0, 0.1) is 24.2 Å². The van der Waals surface area contributed by atoms with Crippen molar-refractivity contribution in [3.8, 4) is 0 Å². The van der Waals surface area contributed by atoms with Crippen molar-refractivity contribution in [2.75, 3.05) is 0 Å². The van der Waals surface area contributed by atoms with Gasteiger partial charge in [0, 0.05) is 5.71 Å². The van der Waals surface area contributed by atoms with Gasteiger partial charge in [-0.05, 0) is 49.7 Å². The number of carbonyl (C=O) groups excluding carboxylic acids is 1. The van der Waals surface area contributed by atoms with Gasteiger partial charge in [0.25, 0.3) is 5.72 Å². The maximum atomic E-state index is 13.9. The first-order valence-electron chi connectivity index (χ1n) is 8.63. The van der Waals surface area contributed by atoms with Crippen molar-refractivity contribution in [1.82, 2.24) is 5.01 Å². The van der Waals surface area contributed by atoms with Crippen molar-refractivity contribution in [2.45, 2.75) is 58.9 Å². The van der Waals surface area contributed by atoms with E-state index in [-0.39, 0.29) is 34.2 Å². The van der Waals surface area contributed by atoms with Gasteiger partial charge in [0.05, 0.1) is 5.92 Å². The van der Waals surface area contributed by atoms with Crippen LogP contribution in [0.25, 0.3) is 0 Å². The van der Waals surface area contributed by atoms with Gasteiger partial charge in [-0.1, -0.05) is 20.8 Å². The molecule has 1 aromatic rings. The summed E-state index contributed by atoms with van der Waals surface area (Å²) in [4.78, 5) is 12.6. The Bertz CT molecular complexity index is 748. The molecular formula is C18H23F3N2O3. The standard InChI is InChI=1S/C18H23F3N2O3/c1-10-5-8-14(26-10)15(24)23-17(25,18(19,20)21)12-9-11(16(2,3)4)6-7-13(12)22-23/h5,8,11-12,25H,6-7,9H2,1-4H3/t11-,12+,17+/m0/s1. The minimum Gasteiger partial charge on any atom is -0.456 e. The molecule has 26 heavy (non-hydrogen) atoms. The van der Waals surface area contributed by atoms with Gasteiger partial charge < -0.3 is 9.52 Å². The third-order valence-electron chi connectivity index (χ3n) is 5.49. The molecule has 2 aliphatic rings. The smallest absolute Gasteiger partial charge is 0.439 e. The Morgan fingerprint density at radius 3 is 2.50 bits per heavy atom. The summed E-state index contributed by atoms with van der Waals surface area (Å²) in [6, 6.07) is 2.76. The number of furan rings is 1. The highest BCUT2D eigenvalue weighted by molar-refractivity contribution is 5.98. The maximum absolute atomic E-state index is 13.9. The number of hydrazone groups is 1. The number of fused-ring (bicyclic) bond motifs is 1. The number of amides is 1. The molecule has 0 radical (unpaired) electrons. The fraction of sp³-hybridized carbons (Fsp3) is 0.667. The molecule has 1 fully saturated rings. The van der Waals surface area contributed by atoms with E-state index in [0.29, 0.717) is 18.6 Å². The first-order valence-corrected chi connectivity index (χ1v) is 8.63. The van der Waals surface area contributed by atoms with Gasteiger partial charge in [0.2, 0.25) is 0 Å². The van der Waals surface area contributed by atoms with Crippen molar-refractivity contribution < 1.29 is 27.5 Å². The van der Waals surface area contributed by atoms with Crippen LogP contribution in [-0.2, 0) is 0 Å². The number of hydrogen-bond acceptors (Lipinski definition) is 4. The van der Waals surface area contributed by atoms with Crippen LogP contribution in [0.4, 0.5) is 13.2 Å². The number of nitrogens with zero attached hydrogens (tertiary/aromatic N) is 2. The monoisotopic (exact) mass is 372 g/mol. The van der Waals surface area contributed by atoms with E-state index in [0.717, 1.165) is 0 Å². The molecule has 144 valence electrons. The van der Waals surface area contributed by atoms with E-state index in [4.69, 9.17) is 4.42 Å². The van der Waals surface area contributed by atoms with Gasteiger partial charge >= 0.3 is 12.1 Å². The second-order valence-corrected chi connectivity index (χ2v) is 8.23. The molecule has 0 spiro atoms. The van der Waals surface area contributed by atoms with Crippen LogP contribution in [0.2, 0.25) is 0 Å². The molecule has 0 unspecified atom stereocenters. The summed E-state index contributed by atoms with van der Waals surface area (Å²) in [5.74, 6) is -2.25. The Balaban J connectivity index is 2.01. The molecule has 0 saturated heterocycles. The molecule has 0 bridgehead atoms. The summed E-state index contributed by atoms with van der Waals surface area (Å²) in [5, 5.41) is 14.8. The molecule has 1 aliphatic heterocycles. The number of aryl methyl sites for hydroxylation is 1. The van der Waals surface area contributed by atoms with Gasteiger partial charge in [0.1, 0.15) is 5.76 Å². The van der Waals surface area contributed by atoms with Crippen molar-refractivity contribution in [3.63, 3.8) is 0 Å². The van der Waals surface area contributed by atoms with Crippen LogP contribution in [0.3, 0.4) is 0 Å². The van der Waals surface area contributed by atoms with Gasteiger partial charge in [0.15, 0.2) is 5.76 Å². The molecule has 3 rings (SSSR count). The third-order valence-corrected chi connectivity index (χ3v) is 5.49. The number of hydrogen-bond donors (Lipinski definition) is 1. The van der Waals surface area contributed by atoms with E-state index >= 15 is 0 Å². The summed E-state index contributed by atoms with van der Waals surface area (Å²) in [6.45, 7) is 7.48. The number of rotatable bonds is 1. The van der Waals surface area contributed by atoms with Gasteiger partial charge in [-0.15, -0.1) is 0 Å². The zero-order valence-electron chi connectivity index (χ0n) is 15.2. The Kier molecular flexibility index (Phi) is 4.25. The van der Waals surface area contributed by atoms with Crippen LogP contribution in [0.5, 0.6) is 0 Å². The van der Waals surface area contributed by atoms with E-state index in [1.807, 2.05) is 20.8 Å². The molecule has 1 amide bonds. The lowest BCUT2D eigenvalue weighted by atomic mass is 9.66. The SMILES string of the molecule is Cc1ccc(C(=O)N2N=C3CC[C@H](C(C)(C)C)C[C@H]3[C@@]2(O)C(F)(F)F)o1. The minimum atomic E-state index is -5.04. The Labute approximate surface area is 149 Å². The second kappa shape index (κ2) is 5.84. The van der Waals surface area contributed by atoms with Crippen molar-refractivity contribution >= 4 is 11.6 Å². The number of alkyl halides is 3. The number of halogens is 3. The predicted molar refractivity (Wildman–Crippen MR) is 88.3 cm³/mol. The quantitative estimate of drug-likeness (QED) is 0.807. The van der Waals surface area contributed by atoms with Gasteiger partial charge in [-0.25, -0.2) is 0 Å². The zero-order valence-corrected chi connectivity index (χ0v) is 15.2. The first kappa shape index (κ1) is 18.9. The normalized spacial score (nSPS) is 29.5. The Hall–Kier alpha value is -1.83. The third kappa shape index (κ3) is 2.84. The summed E-state index contributed by atoms with van der Waals surface area (Å²) >= 11 is 0. The fourth-order valence-electron chi connectivity index (χ4n) is 3.86. The first-order chi connectivity index (χ1) is 11.9. The van der Waals surface area contributed by atoms with Crippen molar-refractivity contribution in [2.24, 2.45) is 22.4 Å². The van der Waals surface area contributed by atoms with Crippen LogP contribution in [0.1, 0.15) is 56.3 Å². The van der Waals surface area contributed by atoms with Gasteiger partial charge in [-0.3, -0.25) is 4.79 Å². The maximum Gasteiger partial charge on any atom is 0.439 e. The lowest BCUT2D eigenvalue weighted by Crippen LogP contribution is -2.62. The molecular weight excluding hydrogens is 349 g/mol. The topological polar surface area (TPSA) is 66.0 Å². The Morgan fingerprint density at radius 1 is 1.35 bits per heavy atom. The predicted octanol–water partition coefficient (Wildman–Crippen LogP) is 4.11. The molecule has 1 aromatic heterocycles. The van der Waals surface area contributed by atoms with Crippen LogP contribution < -0.4 is 0 Å². The van der Waals surface area contributed by atoms with E-state index in [1.54, 1.807) is 6.92 Å². The molecule has 0 aromatic carbocycles. The fourth-order valence-corrected chi connectivity index (χ4v) is 3.86. The van der Waals surface area contributed by atoms with Crippen LogP contribution in [0.15, 0.2) is 21.7 Å². The summed E-state index contributed by atoms with van der Waals surface area (Å²) in [6.07, 6.45) is -3.92. The lowest BCUT2D eigenvalue weighted by molar-refractivity contribution is -0.314. The number of aliphatic hydroxyl groups is 1. The average Bonchev–Trinajstić information content (AvgIpc) is 3.07. The number of carbonyl (C=O) groups is 1. The van der Waals surface area contributed by atoms with E-state index < -0.39 is 23.7 Å². The zero-order chi connectivity index (χ0) is 19.5. The Morgan fingerprint density at radius 2 is 2.00 bits per heavy atom. The molecule has 1 aliphatic carbocycles. The lowest BCUT2D eigenvalue weighted by Gasteiger charge is -2.42. The second-order valence-electron chi connectivity index (χ2n) is 8.23. The summed E-state index contributed by atoms with van der Waals surface area (Å²) in [7, 11) is 0. The summed E-state index contributed by atoms with van der Waals surface area (Å²) in [5.41, 5.74) is -3.33. The van der Waals surface area contributed by atoms with E-state index in [9.17, 15) is 23.1 Å². The minimum absolute atomic E-state index is 0.0127. The summed E-state index contributed by atoms with van der Waals surface area (Å²) < 4.78 is 46.9. The largest absolute Gasteiger partial charge is 0.456 e. The molecule has 8 heteroatoms. The van der Waals surface area contributed by atoms with Crippen molar-refractivity contribution in [3.05, 3.63) is 23.7 Å². The van der Waals surface area contributed by atoms with Crippen molar-refractivity contribution in [1.29, 1.82) is 0 Å². The molecule has 3 atom stereocenters. The van der Waals surface area contributed by atoms with E-state index in [2.05, 4.69) is 5.10 Å². The van der Waals surface area contributed by atoms with Crippen LogP contribution >= 0.6 is 0 Å².